The minimum atomic E-state index is -0.285. The number of nitrogens with one attached hydrogen (secondary N) is 1. The maximum atomic E-state index is 11.2. The first kappa shape index (κ1) is 17.8. The number of ether oxygens (including phenoxy) is 4. The highest BCUT2D eigenvalue weighted by molar-refractivity contribution is 5.70. The van der Waals surface area contributed by atoms with Gasteiger partial charge in [0.05, 0.1) is 26.1 Å². The third kappa shape index (κ3) is 13.1. The Morgan fingerprint density at radius 3 is 1.58 bits per heavy atom. The molecule has 0 fully saturated rings. The van der Waals surface area contributed by atoms with Gasteiger partial charge in [0.2, 0.25) is 0 Å². The van der Waals surface area contributed by atoms with Crippen LogP contribution in [-0.2, 0) is 28.5 Å². The third-order valence-corrected chi connectivity index (χ3v) is 2.11. The summed E-state index contributed by atoms with van der Waals surface area (Å²) >= 11 is 0. The molecule has 0 radical (unpaired) electrons. The zero-order chi connectivity index (χ0) is 14.3. The summed E-state index contributed by atoms with van der Waals surface area (Å²) < 4.78 is 19.2. The highest BCUT2D eigenvalue weighted by Crippen LogP contribution is 1.88. The second kappa shape index (κ2) is 13.3. The Morgan fingerprint density at radius 2 is 1.21 bits per heavy atom. The SMILES string of the molecule is COCCOC(=O)CCNCCC(=O)OCCOC. The molecular weight excluding hydrogens is 254 g/mol. The molecule has 7 nitrogen and oxygen atoms in total. The summed E-state index contributed by atoms with van der Waals surface area (Å²) in [5.74, 6) is -0.570. The van der Waals surface area contributed by atoms with Crippen LogP contribution in [0.4, 0.5) is 0 Å². The number of carbonyl (C=O) groups is 2. The molecule has 0 unspecified atom stereocenters. The molecule has 0 aliphatic carbocycles. The topological polar surface area (TPSA) is 83.1 Å². The van der Waals surface area contributed by atoms with Gasteiger partial charge in [-0.1, -0.05) is 0 Å². The molecule has 0 spiro atoms. The largest absolute Gasteiger partial charge is 0.463 e. The molecule has 112 valence electrons. The van der Waals surface area contributed by atoms with Crippen LogP contribution >= 0.6 is 0 Å². The molecule has 7 heteroatoms. The molecule has 0 aliphatic heterocycles. The van der Waals surface area contributed by atoms with Crippen molar-refractivity contribution in [1.82, 2.24) is 5.32 Å². The van der Waals surface area contributed by atoms with Gasteiger partial charge >= 0.3 is 11.9 Å². The van der Waals surface area contributed by atoms with E-state index in [1.165, 1.54) is 0 Å². The van der Waals surface area contributed by atoms with Gasteiger partial charge in [0.1, 0.15) is 13.2 Å². The first-order valence-electron chi connectivity index (χ1n) is 6.20. The van der Waals surface area contributed by atoms with Crippen molar-refractivity contribution >= 4 is 11.9 Å². The van der Waals surface area contributed by atoms with E-state index in [1.807, 2.05) is 0 Å². The van der Waals surface area contributed by atoms with Gasteiger partial charge in [0.25, 0.3) is 0 Å². The third-order valence-electron chi connectivity index (χ3n) is 2.11. The molecule has 0 aromatic rings. The van der Waals surface area contributed by atoms with Crippen molar-refractivity contribution < 1.29 is 28.5 Å². The van der Waals surface area contributed by atoms with E-state index in [0.29, 0.717) is 26.3 Å². The fraction of sp³-hybridized carbons (Fsp3) is 0.833. The fourth-order valence-electron chi connectivity index (χ4n) is 1.13. The first-order chi connectivity index (χ1) is 9.20. The fourth-order valence-corrected chi connectivity index (χ4v) is 1.13. The van der Waals surface area contributed by atoms with E-state index in [4.69, 9.17) is 18.9 Å². The number of rotatable bonds is 12. The average molecular weight is 277 g/mol. The number of hydrogen-bond donors (Lipinski definition) is 1. The smallest absolute Gasteiger partial charge is 0.307 e. The quantitative estimate of drug-likeness (QED) is 0.388. The molecule has 0 aromatic carbocycles. The van der Waals surface area contributed by atoms with E-state index >= 15 is 0 Å². The number of carbonyl (C=O) groups excluding carboxylic acids is 2. The summed E-state index contributed by atoms with van der Waals surface area (Å²) in [5.41, 5.74) is 0. The standard InChI is InChI=1S/C12H23NO6/c1-16-7-9-18-11(14)3-5-13-6-4-12(15)19-10-8-17-2/h13H,3-10H2,1-2H3. The van der Waals surface area contributed by atoms with Gasteiger partial charge in [-0.2, -0.15) is 0 Å². The van der Waals surface area contributed by atoms with Crippen molar-refractivity contribution in [2.75, 3.05) is 53.7 Å². The van der Waals surface area contributed by atoms with Gasteiger partial charge < -0.3 is 24.3 Å². The van der Waals surface area contributed by atoms with Gasteiger partial charge in [0.15, 0.2) is 0 Å². The molecule has 0 saturated heterocycles. The van der Waals surface area contributed by atoms with E-state index in [2.05, 4.69) is 5.32 Å². The van der Waals surface area contributed by atoms with Gasteiger partial charge in [-0.05, 0) is 0 Å². The van der Waals surface area contributed by atoms with Crippen molar-refractivity contribution in [1.29, 1.82) is 0 Å². The van der Waals surface area contributed by atoms with E-state index in [0.717, 1.165) is 0 Å². The van der Waals surface area contributed by atoms with E-state index in [1.54, 1.807) is 14.2 Å². The molecule has 0 saturated carbocycles. The van der Waals surface area contributed by atoms with E-state index in [-0.39, 0.29) is 38.0 Å². The van der Waals surface area contributed by atoms with Crippen molar-refractivity contribution in [3.05, 3.63) is 0 Å². The molecule has 19 heavy (non-hydrogen) atoms. The zero-order valence-corrected chi connectivity index (χ0v) is 11.6. The number of esters is 2. The molecule has 1 N–H and O–H groups in total. The zero-order valence-electron chi connectivity index (χ0n) is 11.6. The minimum absolute atomic E-state index is 0.265. The van der Waals surface area contributed by atoms with Crippen LogP contribution in [0.25, 0.3) is 0 Å². The molecule has 0 aliphatic rings. The van der Waals surface area contributed by atoms with Crippen LogP contribution in [0.1, 0.15) is 12.8 Å². The highest BCUT2D eigenvalue weighted by Gasteiger charge is 2.04. The van der Waals surface area contributed by atoms with E-state index < -0.39 is 0 Å². The van der Waals surface area contributed by atoms with Crippen LogP contribution < -0.4 is 5.32 Å². The Balaban J connectivity index is 3.29. The van der Waals surface area contributed by atoms with Crippen LogP contribution in [0.5, 0.6) is 0 Å². The summed E-state index contributed by atoms with van der Waals surface area (Å²) in [6.07, 6.45) is 0.533. The van der Waals surface area contributed by atoms with Crippen LogP contribution in [-0.4, -0.2) is 65.7 Å². The number of methoxy groups -OCH3 is 2. The summed E-state index contributed by atoms with van der Waals surface area (Å²) in [6, 6.07) is 0. The van der Waals surface area contributed by atoms with Gasteiger partial charge in [-0.25, -0.2) is 0 Å². The lowest BCUT2D eigenvalue weighted by Gasteiger charge is -2.06. The Kier molecular flexibility index (Phi) is 12.4. The van der Waals surface area contributed by atoms with Crippen LogP contribution in [0.2, 0.25) is 0 Å². The van der Waals surface area contributed by atoms with Gasteiger partial charge in [-0.3, -0.25) is 9.59 Å². The summed E-state index contributed by atoms with van der Waals surface area (Å²) in [4.78, 5) is 22.3. The molecule has 0 bridgehead atoms. The molecule has 0 atom stereocenters. The molecule has 0 aromatic heterocycles. The number of hydrogen-bond acceptors (Lipinski definition) is 7. The molecular formula is C12H23NO6. The summed E-state index contributed by atoms with van der Waals surface area (Å²) in [5, 5.41) is 2.96. The van der Waals surface area contributed by atoms with Crippen LogP contribution in [0, 0.1) is 0 Å². The van der Waals surface area contributed by atoms with Crippen molar-refractivity contribution in [2.24, 2.45) is 0 Å². The molecule has 0 amide bonds. The minimum Gasteiger partial charge on any atom is -0.463 e. The lowest BCUT2D eigenvalue weighted by atomic mass is 10.4. The first-order valence-corrected chi connectivity index (χ1v) is 6.20. The lowest BCUT2D eigenvalue weighted by Crippen LogP contribution is -2.23. The second-order valence-electron chi connectivity index (χ2n) is 3.68. The predicted octanol–water partition coefficient (Wildman–Crippen LogP) is -0.265. The molecule has 0 heterocycles. The molecule has 0 rings (SSSR count). The Labute approximate surface area is 113 Å². The highest BCUT2D eigenvalue weighted by atomic mass is 16.6. The van der Waals surface area contributed by atoms with Crippen molar-refractivity contribution in [2.45, 2.75) is 12.8 Å². The summed E-state index contributed by atoms with van der Waals surface area (Å²) in [6.45, 7) is 2.26. The maximum absolute atomic E-state index is 11.2. The second-order valence-corrected chi connectivity index (χ2v) is 3.68. The van der Waals surface area contributed by atoms with Crippen LogP contribution in [0.15, 0.2) is 0 Å². The summed E-state index contributed by atoms with van der Waals surface area (Å²) in [7, 11) is 3.09. The van der Waals surface area contributed by atoms with Crippen molar-refractivity contribution in [3.63, 3.8) is 0 Å². The maximum Gasteiger partial charge on any atom is 0.307 e. The monoisotopic (exact) mass is 277 g/mol. The Bertz CT molecular complexity index is 222. The van der Waals surface area contributed by atoms with Gasteiger partial charge in [-0.15, -0.1) is 0 Å². The van der Waals surface area contributed by atoms with Crippen molar-refractivity contribution in [3.8, 4) is 0 Å². The van der Waals surface area contributed by atoms with Crippen LogP contribution in [0.3, 0.4) is 0 Å². The Morgan fingerprint density at radius 1 is 0.789 bits per heavy atom. The average Bonchev–Trinajstić information content (AvgIpc) is 2.39. The van der Waals surface area contributed by atoms with Gasteiger partial charge in [0, 0.05) is 27.3 Å². The lowest BCUT2D eigenvalue weighted by molar-refractivity contribution is -0.145. The van der Waals surface area contributed by atoms with E-state index in [9.17, 15) is 9.59 Å². The normalized spacial score (nSPS) is 10.2. The predicted molar refractivity (Wildman–Crippen MR) is 67.8 cm³/mol. The Hall–Kier alpha value is -1.18.